The van der Waals surface area contributed by atoms with Gasteiger partial charge in [0.05, 0.1) is 0 Å². The number of rotatable bonds is 0. The molecule has 0 bridgehead atoms. The predicted molar refractivity (Wildman–Crippen MR) is 68.2 cm³/mol. The minimum absolute atomic E-state index is 0. The fourth-order valence-corrected chi connectivity index (χ4v) is 0. The van der Waals surface area contributed by atoms with E-state index in [1.54, 1.807) is 0 Å². The third-order valence-electron chi connectivity index (χ3n) is 0. The molecule has 0 unspecified atom stereocenters. The zero-order chi connectivity index (χ0) is 13.5. The fourth-order valence-electron chi connectivity index (χ4n) is 0. The van der Waals surface area contributed by atoms with Crippen molar-refractivity contribution in [1.29, 1.82) is 0 Å². The Morgan fingerprint density at radius 1 is 0.333 bits per heavy atom. The van der Waals surface area contributed by atoms with Gasteiger partial charge in [-0.25, -0.2) is 0 Å². The normalized spacial score (nSPS) is 7.25. The van der Waals surface area contributed by atoms with Gasteiger partial charge in [0.15, 0.2) is 0 Å². The minimum Gasteiger partial charge on any atom is -0.759 e. The monoisotopic (exact) mass is 832 g/mol. The Labute approximate surface area is 173 Å². The van der Waals surface area contributed by atoms with Crippen molar-refractivity contribution in [2.75, 3.05) is 0 Å². The van der Waals surface area contributed by atoms with Gasteiger partial charge in [-0.1, -0.05) is 0 Å². The van der Waals surface area contributed by atoms with Gasteiger partial charge in [-0.3, -0.25) is 25.3 Å². The smallest absolute Gasteiger partial charge is 0.759 e. The molecule has 0 aromatic heterocycles. The van der Waals surface area contributed by atoms with E-state index in [1.807, 2.05) is 0 Å². The minimum atomic E-state index is -5.17. The van der Waals surface area contributed by atoms with Crippen molar-refractivity contribution >= 4 is 83.6 Å². The molecule has 0 rings (SSSR count). The average molecular weight is 832 g/mol. The van der Waals surface area contributed by atoms with Gasteiger partial charge < -0.3 is 65.6 Å². The van der Waals surface area contributed by atoms with Crippen molar-refractivity contribution in [2.45, 2.75) is 0 Å². The van der Waals surface area contributed by atoms with Crippen molar-refractivity contribution in [1.82, 2.24) is 0 Å². The molecular weight excluding hydrogens is 818 g/mol. The van der Waals surface area contributed by atoms with E-state index >= 15 is 0 Å². The molecule has 0 saturated carbocycles. The summed E-state index contributed by atoms with van der Waals surface area (Å²) in [6, 6.07) is 0. The molecule has 0 atom stereocenters. The van der Waals surface area contributed by atoms with Gasteiger partial charge in [0, 0.05) is 31.2 Å². The topological polar surface area (TPSA) is 461 Å². The number of hydrogen-bond acceptors (Lipinski definition) is 12. The molecule has 14 N–H and O–H groups in total. The quantitative estimate of drug-likeness (QED) is 0.125. The molecule has 0 saturated heterocycles. The van der Waals surface area contributed by atoms with Crippen LogP contribution in [0.4, 0.5) is 0 Å². The van der Waals surface area contributed by atoms with E-state index in [9.17, 15) is 0 Å². The maximum absolute atomic E-state index is 8.52. The van der Waals surface area contributed by atoms with Crippen LogP contribution in [0.5, 0.6) is 0 Å². The molecule has 0 amide bonds. The molecule has 0 aromatic rings. The van der Waals surface area contributed by atoms with E-state index in [4.69, 9.17) is 52.6 Å². The Bertz CT molecular complexity index is 344. The largest absolute Gasteiger partial charge is 3.00 e. The Kier molecular flexibility index (Phi) is 125. The van der Waals surface area contributed by atoms with Crippen LogP contribution in [0, 0.1) is 0 Å². The van der Waals surface area contributed by atoms with Crippen LogP contribution in [0.3, 0.4) is 0 Å². The first-order valence-electron chi connectivity index (χ1n) is 2.00. The molecule has 0 aliphatic rings. The van der Waals surface area contributed by atoms with Gasteiger partial charge in [-0.2, -0.15) is 0 Å². The van der Waals surface area contributed by atoms with Crippen LogP contribution in [0.15, 0.2) is 0 Å². The van der Waals surface area contributed by atoms with E-state index in [-0.39, 0.29) is 90.7 Å². The second kappa shape index (κ2) is 35.2. The summed E-state index contributed by atoms with van der Waals surface area (Å²) in [6.07, 6.45) is 0. The van der Waals surface area contributed by atoms with Crippen LogP contribution in [0.25, 0.3) is 0 Å². The van der Waals surface area contributed by atoms with Gasteiger partial charge in [0.1, 0.15) is 0 Å². The molecule has 156 valence electrons. The zero-order valence-electron chi connectivity index (χ0n) is 10.5. The summed E-state index contributed by atoms with van der Waals surface area (Å²) in [7, 11) is -15.5. The molecule has 0 aliphatic heterocycles. The summed E-state index contributed by atoms with van der Waals surface area (Å²) in [5.41, 5.74) is 0. The molecule has 0 aliphatic carbocycles. The molecule has 24 heavy (non-hydrogen) atoms. The molecule has 0 spiro atoms. The van der Waals surface area contributed by atoms with Crippen molar-refractivity contribution in [3.63, 3.8) is 0 Å². The molecule has 4 radical (unpaired) electrons. The van der Waals surface area contributed by atoms with Crippen molar-refractivity contribution in [3.05, 3.63) is 0 Å². The first kappa shape index (κ1) is 85.0. The Hall–Kier alpha value is 1.10. The van der Waals surface area contributed by atoms with Crippen LogP contribution in [0.2, 0.25) is 0 Å². The van der Waals surface area contributed by atoms with Crippen molar-refractivity contribution in [3.8, 4) is 0 Å². The van der Waals surface area contributed by atoms with Crippen LogP contribution >= 0.6 is 0 Å². The summed E-state index contributed by atoms with van der Waals surface area (Å²) in [6.45, 7) is 0. The molecule has 19 nitrogen and oxygen atoms in total. The molecule has 0 aromatic carbocycles. The SMILES string of the molecule is O.O.O.O.O.O.O.O=S(=O)([O-])[O-].O=S(=O)([O-])[O-].O=S(=O)([O-])[O-].[Bi+3].[Bi+3]. The van der Waals surface area contributed by atoms with E-state index in [0.717, 1.165) is 0 Å². The second-order valence-corrected chi connectivity index (χ2v) is 3.67. The zero-order valence-corrected chi connectivity index (χ0v) is 19.9. The van der Waals surface area contributed by atoms with E-state index in [2.05, 4.69) is 0 Å². The van der Waals surface area contributed by atoms with Crippen LogP contribution in [-0.4, -0.2) is 143 Å². The van der Waals surface area contributed by atoms with Crippen LogP contribution in [-0.2, 0) is 31.2 Å². The van der Waals surface area contributed by atoms with Crippen molar-refractivity contribution in [2.24, 2.45) is 0 Å². The average Bonchev–Trinajstić information content (AvgIpc) is 1.41. The van der Waals surface area contributed by atoms with E-state index in [0.29, 0.717) is 0 Å². The van der Waals surface area contributed by atoms with Gasteiger partial charge in [-0.05, 0) is 0 Å². The van der Waals surface area contributed by atoms with E-state index < -0.39 is 31.2 Å². The Morgan fingerprint density at radius 3 is 0.333 bits per heavy atom. The van der Waals surface area contributed by atoms with Gasteiger partial charge in [0.25, 0.3) is 0 Å². The Morgan fingerprint density at radius 2 is 0.333 bits per heavy atom. The fraction of sp³-hybridized carbons (Fsp3) is 0. The number of hydrogen-bond donors (Lipinski definition) is 0. The van der Waals surface area contributed by atoms with Gasteiger partial charge >= 0.3 is 52.4 Å². The van der Waals surface area contributed by atoms with Crippen molar-refractivity contribution < 1.29 is 90.9 Å². The maximum Gasteiger partial charge on any atom is 3.00 e. The summed E-state index contributed by atoms with van der Waals surface area (Å²) in [4.78, 5) is 0. The molecule has 0 fully saturated rings. The summed E-state index contributed by atoms with van der Waals surface area (Å²) in [5.74, 6) is 0. The first-order valence-corrected chi connectivity index (χ1v) is 6.00. The summed E-state index contributed by atoms with van der Waals surface area (Å²) >= 11 is 0. The molecule has 0 heterocycles. The predicted octanol–water partition coefficient (Wildman–Crippen LogP) is -10.5. The second-order valence-electron chi connectivity index (χ2n) is 1.22. The summed E-state index contributed by atoms with van der Waals surface area (Å²) in [5, 5.41) is 0. The first-order chi connectivity index (χ1) is 6.00. The molecular formula is H14Bi2O19S3. The van der Waals surface area contributed by atoms with E-state index in [1.165, 1.54) is 0 Å². The van der Waals surface area contributed by atoms with Gasteiger partial charge in [0.2, 0.25) is 0 Å². The van der Waals surface area contributed by atoms with Crippen LogP contribution in [0.1, 0.15) is 0 Å². The standard InChI is InChI=1S/2Bi.3H2O4S.7H2O/c;;3*1-5(2,3)4;;;;;;;/h;;3*(H2,1,2,3,4);7*1H2/q2*+3;;;;;;;;;;/p-6. The third-order valence-corrected chi connectivity index (χ3v) is 0. The summed E-state index contributed by atoms with van der Waals surface area (Å²) < 4.78 is 102. The third kappa shape index (κ3) is 9380. The van der Waals surface area contributed by atoms with Gasteiger partial charge in [-0.15, -0.1) is 0 Å². The maximum atomic E-state index is 8.52. The van der Waals surface area contributed by atoms with Crippen LogP contribution < -0.4 is 0 Å². The molecule has 24 heteroatoms. The Balaban J connectivity index is -0.00000000758.